The van der Waals surface area contributed by atoms with E-state index in [0.717, 1.165) is 35.2 Å². The summed E-state index contributed by atoms with van der Waals surface area (Å²) in [5, 5.41) is 1.23. The molecule has 0 saturated heterocycles. The van der Waals surface area contributed by atoms with Crippen molar-refractivity contribution in [3.05, 3.63) is 54.7 Å². The average molecular weight is 863 g/mol. The molecule has 0 atom stereocenters. The monoisotopic (exact) mass is 864 g/mol. The van der Waals surface area contributed by atoms with E-state index in [2.05, 4.69) is 179 Å². The van der Waals surface area contributed by atoms with Crippen LogP contribution in [0.3, 0.4) is 0 Å². The van der Waals surface area contributed by atoms with Gasteiger partial charge in [0.2, 0.25) is 0 Å². The maximum absolute atomic E-state index is 6.76. The fourth-order valence-corrected chi connectivity index (χ4v) is 16.6. The van der Waals surface area contributed by atoms with Gasteiger partial charge in [-0.3, -0.25) is 0 Å². The standard InChI is InChI=1S/C37H60GeI2O2/c1-26(2)21-38(27(3)4,24-41-32-17-15-28(19-30(32)39)36(11,12)22-34(5,6)7)25-42-33-18-16-29(20-31(33)40)37(13,14)23-35(8,9)10/h15-20,26-27H,21-25H2,1-14H3. The van der Waals surface area contributed by atoms with E-state index in [1.165, 1.54) is 23.5 Å². The Labute approximate surface area is 289 Å². The molecule has 0 amide bonds. The van der Waals surface area contributed by atoms with Crippen LogP contribution in [0.15, 0.2) is 36.4 Å². The third kappa shape index (κ3) is 11.4. The van der Waals surface area contributed by atoms with Gasteiger partial charge in [0.25, 0.3) is 0 Å². The molecular formula is C37H60GeI2O2. The summed E-state index contributed by atoms with van der Waals surface area (Å²) in [6.07, 6.45) is 2.28. The molecule has 0 aromatic heterocycles. The van der Waals surface area contributed by atoms with E-state index in [-0.39, 0.29) is 21.7 Å². The summed E-state index contributed by atoms with van der Waals surface area (Å²) < 4.78 is 16.5. The van der Waals surface area contributed by atoms with Crippen molar-refractivity contribution in [1.29, 1.82) is 0 Å². The van der Waals surface area contributed by atoms with Crippen molar-refractivity contribution in [3.63, 3.8) is 0 Å². The molecule has 42 heavy (non-hydrogen) atoms. The van der Waals surface area contributed by atoms with Crippen molar-refractivity contribution in [2.24, 2.45) is 16.7 Å². The zero-order chi connectivity index (χ0) is 32.3. The number of hydrogen-bond acceptors (Lipinski definition) is 2. The molecule has 0 saturated carbocycles. The third-order valence-electron chi connectivity index (χ3n) is 8.44. The fraction of sp³-hybridized carbons (Fsp3) is 0.676. The van der Waals surface area contributed by atoms with Crippen LogP contribution in [0.5, 0.6) is 11.5 Å². The zero-order valence-corrected chi connectivity index (χ0v) is 35.6. The van der Waals surface area contributed by atoms with Crippen LogP contribution in [0.1, 0.15) is 121 Å². The van der Waals surface area contributed by atoms with Gasteiger partial charge in [0, 0.05) is 0 Å². The van der Waals surface area contributed by atoms with E-state index in [9.17, 15) is 0 Å². The van der Waals surface area contributed by atoms with Crippen LogP contribution in [-0.4, -0.2) is 24.1 Å². The van der Waals surface area contributed by atoms with Crippen molar-refractivity contribution >= 4 is 58.4 Å². The number of rotatable bonds is 13. The third-order valence-corrected chi connectivity index (χ3v) is 21.7. The Morgan fingerprint density at radius 2 is 0.976 bits per heavy atom. The van der Waals surface area contributed by atoms with Crippen molar-refractivity contribution in [2.45, 2.75) is 131 Å². The topological polar surface area (TPSA) is 18.5 Å². The van der Waals surface area contributed by atoms with Gasteiger partial charge in [0.05, 0.1) is 0 Å². The van der Waals surface area contributed by atoms with Crippen molar-refractivity contribution < 1.29 is 9.47 Å². The molecule has 238 valence electrons. The molecular weight excluding hydrogens is 803 g/mol. The Morgan fingerprint density at radius 1 is 0.619 bits per heavy atom. The molecule has 0 aliphatic heterocycles. The first-order valence-corrected chi connectivity index (χ1v) is 23.6. The van der Waals surface area contributed by atoms with E-state index >= 15 is 0 Å². The average Bonchev–Trinajstić information content (AvgIpc) is 2.78. The molecule has 0 bridgehead atoms. The predicted molar refractivity (Wildman–Crippen MR) is 204 cm³/mol. The second kappa shape index (κ2) is 14.6. The molecule has 2 rings (SSSR count). The first-order chi connectivity index (χ1) is 19.0. The summed E-state index contributed by atoms with van der Waals surface area (Å²) in [6, 6.07) is 13.7. The van der Waals surface area contributed by atoms with E-state index in [0.29, 0.717) is 10.7 Å². The molecule has 0 spiro atoms. The Bertz CT molecular complexity index is 1090. The van der Waals surface area contributed by atoms with Crippen molar-refractivity contribution in [3.8, 4) is 11.5 Å². The molecule has 5 heteroatoms. The fourth-order valence-electron chi connectivity index (χ4n) is 6.92. The maximum atomic E-state index is 6.76. The quantitative estimate of drug-likeness (QED) is 0.148. The number of benzene rings is 2. The SMILES string of the molecule is CC(C)[CH2][Ge]([CH2]Oc1ccc(C(C)(C)CC(C)(C)C)cc1I)([CH2]Oc1ccc(C(C)(C)CC(C)(C)C)cc1I)[CH](C)C. The second-order valence-corrected chi connectivity index (χ2v) is 29.8. The summed E-state index contributed by atoms with van der Waals surface area (Å²) in [7, 11) is 0. The molecule has 0 aliphatic rings. The first-order valence-electron chi connectivity index (χ1n) is 15.8. The van der Waals surface area contributed by atoms with Crippen LogP contribution in [0.2, 0.25) is 10.0 Å². The summed E-state index contributed by atoms with van der Waals surface area (Å²) in [5.41, 5.74) is 5.23. The molecule has 0 heterocycles. The van der Waals surface area contributed by atoms with Crippen LogP contribution in [-0.2, 0) is 10.8 Å². The van der Waals surface area contributed by atoms with Crippen LogP contribution >= 0.6 is 45.2 Å². The van der Waals surface area contributed by atoms with E-state index in [4.69, 9.17) is 9.47 Å². The zero-order valence-electron chi connectivity index (χ0n) is 29.2. The molecule has 0 N–H and O–H groups in total. The summed E-state index contributed by atoms with van der Waals surface area (Å²) in [4.78, 5) is 0. The molecule has 0 radical (unpaired) electrons. The van der Waals surface area contributed by atoms with E-state index < -0.39 is 13.3 Å². The van der Waals surface area contributed by atoms with Gasteiger partial charge in [-0.05, 0) is 0 Å². The normalized spacial score (nSPS) is 13.7. The summed E-state index contributed by atoms with van der Waals surface area (Å²) in [6.45, 7) is 32.9. The summed E-state index contributed by atoms with van der Waals surface area (Å²) >= 11 is 2.33. The minimum absolute atomic E-state index is 0.121. The van der Waals surface area contributed by atoms with Gasteiger partial charge >= 0.3 is 292 Å². The molecule has 0 aliphatic carbocycles. The number of ether oxygens (including phenoxy) is 2. The molecule has 0 fully saturated rings. The van der Waals surface area contributed by atoms with Gasteiger partial charge in [0.15, 0.2) is 0 Å². The number of hydrogen-bond donors (Lipinski definition) is 0. The van der Waals surface area contributed by atoms with Gasteiger partial charge < -0.3 is 0 Å². The molecule has 2 aromatic rings. The van der Waals surface area contributed by atoms with Crippen molar-refractivity contribution in [2.75, 3.05) is 10.9 Å². The molecule has 2 nitrogen and oxygen atoms in total. The van der Waals surface area contributed by atoms with Gasteiger partial charge in [0.1, 0.15) is 0 Å². The van der Waals surface area contributed by atoms with E-state index in [1.54, 1.807) is 0 Å². The van der Waals surface area contributed by atoms with E-state index in [1.807, 2.05) is 0 Å². The first kappa shape index (κ1) is 38.2. The molecule has 2 aromatic carbocycles. The molecule has 0 unspecified atom stereocenters. The minimum atomic E-state index is -2.61. The predicted octanol–water partition coefficient (Wildman–Crippen LogP) is 12.4. The van der Waals surface area contributed by atoms with Crippen LogP contribution in [0, 0.1) is 23.9 Å². The Balaban J connectivity index is 2.28. The van der Waals surface area contributed by atoms with Gasteiger partial charge in [-0.2, -0.15) is 0 Å². The Hall–Kier alpha value is 0.0429. The van der Waals surface area contributed by atoms with Crippen LogP contribution in [0.25, 0.3) is 0 Å². The summed E-state index contributed by atoms with van der Waals surface area (Å²) in [5.74, 6) is 2.66. The second-order valence-electron chi connectivity index (χ2n) is 17.2. The van der Waals surface area contributed by atoms with Gasteiger partial charge in [-0.25, -0.2) is 0 Å². The number of halogens is 2. The Morgan fingerprint density at radius 3 is 1.24 bits per heavy atom. The van der Waals surface area contributed by atoms with Crippen LogP contribution in [0.4, 0.5) is 0 Å². The van der Waals surface area contributed by atoms with Gasteiger partial charge in [-0.1, -0.05) is 0 Å². The van der Waals surface area contributed by atoms with Crippen LogP contribution < -0.4 is 9.47 Å². The van der Waals surface area contributed by atoms with Gasteiger partial charge in [-0.15, -0.1) is 0 Å². The Kier molecular flexibility index (Phi) is 13.3. The van der Waals surface area contributed by atoms with Crippen molar-refractivity contribution in [1.82, 2.24) is 0 Å².